The van der Waals surface area contributed by atoms with Crippen LogP contribution in [0, 0.1) is 0 Å². The van der Waals surface area contributed by atoms with Gasteiger partial charge in [-0.25, -0.2) is 18.4 Å². The summed E-state index contributed by atoms with van der Waals surface area (Å²) in [5, 5.41) is 5.76. The van der Waals surface area contributed by atoms with Crippen molar-refractivity contribution in [2.45, 2.75) is 0 Å². The summed E-state index contributed by atoms with van der Waals surface area (Å²) in [4.78, 5) is 20.7. The van der Waals surface area contributed by atoms with Gasteiger partial charge in [0.15, 0.2) is 0 Å². The molecule has 0 atom stereocenters. The van der Waals surface area contributed by atoms with Gasteiger partial charge in [0.05, 0.1) is 11.9 Å². The van der Waals surface area contributed by atoms with Crippen molar-refractivity contribution in [3.63, 3.8) is 0 Å². The van der Waals surface area contributed by atoms with Crippen molar-refractivity contribution in [2.24, 2.45) is 0 Å². The maximum atomic E-state index is 12.5. The van der Waals surface area contributed by atoms with E-state index in [0.717, 1.165) is 6.26 Å². The molecule has 3 rings (SSSR count). The van der Waals surface area contributed by atoms with Crippen LogP contribution < -0.4 is 15.4 Å². The van der Waals surface area contributed by atoms with E-state index in [0.29, 0.717) is 28.6 Å². The predicted octanol–water partition coefficient (Wildman–Crippen LogP) is 2.84. The molecule has 3 N–H and O–H groups in total. The van der Waals surface area contributed by atoms with Gasteiger partial charge in [0.25, 0.3) is 5.91 Å². The molecule has 0 saturated carbocycles. The number of aromatic nitrogens is 2. The Balaban J connectivity index is 1.73. The molecule has 0 fully saturated rings. The van der Waals surface area contributed by atoms with Crippen molar-refractivity contribution in [1.29, 1.82) is 0 Å². The van der Waals surface area contributed by atoms with Crippen molar-refractivity contribution in [1.82, 2.24) is 9.97 Å². The summed E-state index contributed by atoms with van der Waals surface area (Å²) in [5.74, 6) is 0.0961. The van der Waals surface area contributed by atoms with Crippen LogP contribution >= 0.6 is 0 Å². The summed E-state index contributed by atoms with van der Waals surface area (Å²) in [6.45, 7) is 0. The average Bonchev–Trinajstić information content (AvgIpc) is 2.62. The number of amides is 1. The molecule has 3 aromatic rings. The van der Waals surface area contributed by atoms with E-state index in [4.69, 9.17) is 0 Å². The van der Waals surface area contributed by atoms with Gasteiger partial charge in [-0.15, -0.1) is 0 Å². The van der Waals surface area contributed by atoms with Gasteiger partial charge in [0.1, 0.15) is 0 Å². The molecule has 0 bridgehead atoms. The van der Waals surface area contributed by atoms with Crippen LogP contribution in [0.15, 0.2) is 67.0 Å². The molecule has 1 aromatic heterocycles. The molecule has 1 amide bonds. The molecular weight excluding hydrogens is 366 g/mol. The minimum Gasteiger partial charge on any atom is -0.324 e. The Morgan fingerprint density at radius 1 is 0.889 bits per heavy atom. The minimum atomic E-state index is -3.39. The molecule has 1 heterocycles. The Labute approximate surface area is 156 Å². The SMILES string of the molecule is CS(=O)(=O)Nc1cccc(NC(=O)c2cccc(Nc3ncccn3)c2)c1. The van der Waals surface area contributed by atoms with Crippen LogP contribution in [0.1, 0.15) is 10.4 Å². The third-order valence-corrected chi connectivity index (χ3v) is 3.98. The number of hydrogen-bond acceptors (Lipinski definition) is 6. The second kappa shape index (κ2) is 7.83. The molecule has 138 valence electrons. The summed E-state index contributed by atoms with van der Waals surface area (Å²) >= 11 is 0. The Hall–Kier alpha value is -3.46. The van der Waals surface area contributed by atoms with Gasteiger partial charge in [-0.05, 0) is 42.5 Å². The zero-order valence-corrected chi connectivity index (χ0v) is 15.2. The molecule has 0 saturated heterocycles. The molecule has 27 heavy (non-hydrogen) atoms. The van der Waals surface area contributed by atoms with Gasteiger partial charge >= 0.3 is 0 Å². The molecule has 0 aliphatic heterocycles. The maximum Gasteiger partial charge on any atom is 0.255 e. The number of benzene rings is 2. The summed E-state index contributed by atoms with van der Waals surface area (Å²) < 4.78 is 25.0. The average molecular weight is 383 g/mol. The Kier molecular flexibility index (Phi) is 5.32. The Morgan fingerprint density at radius 3 is 2.30 bits per heavy atom. The number of rotatable bonds is 6. The van der Waals surface area contributed by atoms with Crippen molar-refractivity contribution in [2.75, 3.05) is 21.6 Å². The highest BCUT2D eigenvalue weighted by Crippen LogP contribution is 2.19. The number of anilines is 4. The Bertz CT molecular complexity index is 1060. The van der Waals surface area contributed by atoms with Crippen molar-refractivity contribution < 1.29 is 13.2 Å². The van der Waals surface area contributed by atoms with E-state index in [9.17, 15) is 13.2 Å². The first kappa shape index (κ1) is 18.3. The lowest BCUT2D eigenvalue weighted by Crippen LogP contribution is -2.13. The Morgan fingerprint density at radius 2 is 1.56 bits per heavy atom. The van der Waals surface area contributed by atoms with Crippen LogP contribution in [-0.2, 0) is 10.0 Å². The zero-order chi connectivity index (χ0) is 19.3. The van der Waals surface area contributed by atoms with E-state index in [1.54, 1.807) is 67.0 Å². The molecule has 2 aromatic carbocycles. The lowest BCUT2D eigenvalue weighted by atomic mass is 10.2. The second-order valence-electron chi connectivity index (χ2n) is 5.69. The van der Waals surface area contributed by atoms with E-state index >= 15 is 0 Å². The van der Waals surface area contributed by atoms with E-state index in [1.165, 1.54) is 0 Å². The van der Waals surface area contributed by atoms with Crippen molar-refractivity contribution in [3.05, 3.63) is 72.6 Å². The maximum absolute atomic E-state index is 12.5. The summed E-state index contributed by atoms with van der Waals surface area (Å²) in [5.41, 5.74) is 1.93. The van der Waals surface area contributed by atoms with Crippen LogP contribution in [0.4, 0.5) is 23.0 Å². The van der Waals surface area contributed by atoms with Crippen LogP contribution in [-0.4, -0.2) is 30.5 Å². The monoisotopic (exact) mass is 383 g/mol. The largest absolute Gasteiger partial charge is 0.324 e. The lowest BCUT2D eigenvalue weighted by Gasteiger charge is -2.10. The summed E-state index contributed by atoms with van der Waals surface area (Å²) in [7, 11) is -3.39. The summed E-state index contributed by atoms with van der Waals surface area (Å²) in [6.07, 6.45) is 4.29. The standard InChI is InChI=1S/C18H17N5O3S/c1-27(25,26)23-16-8-3-7-15(12-16)21-17(24)13-5-2-6-14(11-13)22-18-19-9-4-10-20-18/h2-12,23H,1H3,(H,21,24)(H,19,20,22). The summed E-state index contributed by atoms with van der Waals surface area (Å²) in [6, 6.07) is 15.0. The molecule has 0 aliphatic rings. The first-order valence-corrected chi connectivity index (χ1v) is 9.81. The number of sulfonamides is 1. The van der Waals surface area contributed by atoms with Crippen LogP contribution in [0.2, 0.25) is 0 Å². The number of nitrogens with one attached hydrogen (secondary N) is 3. The van der Waals surface area contributed by atoms with E-state index in [1.807, 2.05) is 0 Å². The molecular formula is C18H17N5O3S. The first-order chi connectivity index (χ1) is 12.9. The minimum absolute atomic E-state index is 0.330. The fraction of sp³-hybridized carbons (Fsp3) is 0.0556. The number of carbonyl (C=O) groups excluding carboxylic acids is 1. The van der Waals surface area contributed by atoms with Gasteiger partial charge in [0, 0.05) is 29.3 Å². The highest BCUT2D eigenvalue weighted by Gasteiger charge is 2.09. The van der Waals surface area contributed by atoms with Crippen LogP contribution in [0.3, 0.4) is 0 Å². The normalized spacial score (nSPS) is 10.9. The zero-order valence-electron chi connectivity index (χ0n) is 14.4. The van der Waals surface area contributed by atoms with Gasteiger partial charge in [-0.2, -0.15) is 0 Å². The molecule has 8 nitrogen and oxygen atoms in total. The van der Waals surface area contributed by atoms with Gasteiger partial charge in [-0.3, -0.25) is 9.52 Å². The van der Waals surface area contributed by atoms with Crippen LogP contribution in [0.5, 0.6) is 0 Å². The molecule has 9 heteroatoms. The van der Waals surface area contributed by atoms with Crippen LogP contribution in [0.25, 0.3) is 0 Å². The van der Waals surface area contributed by atoms with Crippen molar-refractivity contribution >= 4 is 38.9 Å². The van der Waals surface area contributed by atoms with E-state index in [2.05, 4.69) is 25.3 Å². The molecule has 0 aliphatic carbocycles. The third kappa shape index (κ3) is 5.51. The topological polar surface area (TPSA) is 113 Å². The van der Waals surface area contributed by atoms with E-state index in [-0.39, 0.29) is 5.91 Å². The molecule has 0 spiro atoms. The number of carbonyl (C=O) groups is 1. The number of nitrogens with zero attached hydrogens (tertiary/aromatic N) is 2. The fourth-order valence-electron chi connectivity index (χ4n) is 2.31. The van der Waals surface area contributed by atoms with Crippen molar-refractivity contribution in [3.8, 4) is 0 Å². The third-order valence-electron chi connectivity index (χ3n) is 3.37. The lowest BCUT2D eigenvalue weighted by molar-refractivity contribution is 0.102. The first-order valence-electron chi connectivity index (χ1n) is 7.92. The van der Waals surface area contributed by atoms with Gasteiger partial charge in [0.2, 0.25) is 16.0 Å². The second-order valence-corrected chi connectivity index (χ2v) is 7.44. The molecule has 0 radical (unpaired) electrons. The van der Waals surface area contributed by atoms with Gasteiger partial charge in [-0.1, -0.05) is 12.1 Å². The van der Waals surface area contributed by atoms with E-state index < -0.39 is 10.0 Å². The highest BCUT2D eigenvalue weighted by molar-refractivity contribution is 7.92. The fourth-order valence-corrected chi connectivity index (χ4v) is 2.86. The quantitative estimate of drug-likeness (QED) is 0.603. The van der Waals surface area contributed by atoms with Gasteiger partial charge < -0.3 is 10.6 Å². The smallest absolute Gasteiger partial charge is 0.255 e. The predicted molar refractivity (Wildman–Crippen MR) is 105 cm³/mol. The number of hydrogen-bond donors (Lipinski definition) is 3. The highest BCUT2D eigenvalue weighted by atomic mass is 32.2. The molecule has 0 unspecified atom stereocenters.